The zero-order valence-electron chi connectivity index (χ0n) is 11.0. The molecular weight excluding hydrogens is 234 g/mol. The molecule has 0 aliphatic heterocycles. The van der Waals surface area contributed by atoms with E-state index in [2.05, 4.69) is 18.2 Å². The molecule has 0 fully saturated rings. The van der Waals surface area contributed by atoms with Gasteiger partial charge in [0.25, 0.3) is 0 Å². The molecule has 0 heterocycles. The maximum Gasteiger partial charge on any atom is 0.163 e. The van der Waals surface area contributed by atoms with Crippen molar-refractivity contribution >= 4 is 11.5 Å². The molecule has 2 aromatic rings. The number of hydrogen-bond acceptors (Lipinski definition) is 2. The van der Waals surface area contributed by atoms with Gasteiger partial charge in [0.15, 0.2) is 5.78 Å². The van der Waals surface area contributed by atoms with E-state index in [9.17, 15) is 4.79 Å². The van der Waals surface area contributed by atoms with Crippen molar-refractivity contribution in [2.45, 2.75) is 25.7 Å². The normalized spacial score (nSPS) is 16.6. The first kappa shape index (κ1) is 12.0. The number of anilines is 1. The van der Waals surface area contributed by atoms with E-state index in [1.807, 2.05) is 31.2 Å². The van der Waals surface area contributed by atoms with Crippen LogP contribution in [0, 0.1) is 6.92 Å². The van der Waals surface area contributed by atoms with Crippen LogP contribution >= 0.6 is 0 Å². The van der Waals surface area contributed by atoms with Crippen LogP contribution < -0.4 is 5.73 Å². The van der Waals surface area contributed by atoms with E-state index in [0.29, 0.717) is 18.0 Å². The largest absolute Gasteiger partial charge is 0.398 e. The molecule has 96 valence electrons. The van der Waals surface area contributed by atoms with Gasteiger partial charge in [0, 0.05) is 17.7 Å². The number of rotatable bonds is 3. The molecule has 2 nitrogen and oxygen atoms in total. The Kier molecular flexibility index (Phi) is 2.86. The summed E-state index contributed by atoms with van der Waals surface area (Å²) in [7, 11) is 0. The summed E-state index contributed by atoms with van der Waals surface area (Å²) in [6, 6.07) is 13.9. The molecule has 3 rings (SSSR count). The van der Waals surface area contributed by atoms with Crippen molar-refractivity contribution in [2.24, 2.45) is 0 Å². The molecule has 2 heteroatoms. The second-order valence-electron chi connectivity index (χ2n) is 5.25. The van der Waals surface area contributed by atoms with Gasteiger partial charge in [0.1, 0.15) is 0 Å². The van der Waals surface area contributed by atoms with Crippen LogP contribution in [-0.2, 0) is 6.42 Å². The molecule has 0 spiro atoms. The van der Waals surface area contributed by atoms with Crippen molar-refractivity contribution < 1.29 is 4.79 Å². The lowest BCUT2D eigenvalue weighted by Crippen LogP contribution is -2.20. The summed E-state index contributed by atoms with van der Waals surface area (Å²) >= 11 is 0. The molecule has 0 aromatic heterocycles. The molecule has 1 unspecified atom stereocenters. The maximum atomic E-state index is 12.4. The topological polar surface area (TPSA) is 43.1 Å². The van der Waals surface area contributed by atoms with Crippen molar-refractivity contribution in [1.82, 2.24) is 0 Å². The second-order valence-corrected chi connectivity index (χ2v) is 5.25. The minimum atomic E-state index is 0.198. The number of ketones is 1. The predicted octanol–water partition coefficient (Wildman–Crippen LogP) is 3.49. The van der Waals surface area contributed by atoms with Crippen LogP contribution in [0.25, 0.3) is 0 Å². The zero-order chi connectivity index (χ0) is 13.4. The van der Waals surface area contributed by atoms with Crippen LogP contribution in [0.5, 0.6) is 0 Å². The number of Topliss-reactive ketones (excluding diaryl/α,β-unsaturated/α-hetero) is 1. The molecule has 1 atom stereocenters. The number of carbonyl (C=O) groups excluding carboxylic acids is 1. The van der Waals surface area contributed by atoms with Crippen molar-refractivity contribution in [3.05, 3.63) is 64.7 Å². The highest BCUT2D eigenvalue weighted by Gasteiger charge is 2.28. The highest BCUT2D eigenvalue weighted by atomic mass is 16.1. The fraction of sp³-hybridized carbons (Fsp3) is 0.235. The molecular formula is C17H17NO. The average Bonchev–Trinajstić information content (AvgIpc) is 2.39. The van der Waals surface area contributed by atoms with Crippen LogP contribution in [0.4, 0.5) is 5.69 Å². The van der Waals surface area contributed by atoms with Gasteiger partial charge in [-0.3, -0.25) is 4.79 Å². The molecule has 0 saturated heterocycles. The van der Waals surface area contributed by atoms with E-state index in [1.165, 1.54) is 11.1 Å². The minimum absolute atomic E-state index is 0.198. The highest BCUT2D eigenvalue weighted by Crippen LogP contribution is 2.38. The molecule has 2 N–H and O–H groups in total. The van der Waals surface area contributed by atoms with E-state index in [4.69, 9.17) is 5.73 Å². The van der Waals surface area contributed by atoms with Crippen molar-refractivity contribution in [3.8, 4) is 0 Å². The molecule has 2 aromatic carbocycles. The first-order valence-corrected chi connectivity index (χ1v) is 6.63. The van der Waals surface area contributed by atoms with Crippen LogP contribution in [-0.4, -0.2) is 5.78 Å². The average molecular weight is 251 g/mol. The number of fused-ring (bicyclic) bond motifs is 1. The summed E-state index contributed by atoms with van der Waals surface area (Å²) in [5, 5.41) is 0. The van der Waals surface area contributed by atoms with Gasteiger partial charge in [0.2, 0.25) is 0 Å². The van der Waals surface area contributed by atoms with Gasteiger partial charge in [-0.25, -0.2) is 0 Å². The standard InChI is InChI=1S/C17H17NO/c1-11-14(7-4-8-16(11)18)17(19)10-13-9-12-5-2-3-6-15(12)13/h2-8,13H,9-10,18H2,1H3. The van der Waals surface area contributed by atoms with Gasteiger partial charge in [0.05, 0.1) is 0 Å². The maximum absolute atomic E-state index is 12.4. The van der Waals surface area contributed by atoms with Crippen LogP contribution in [0.15, 0.2) is 42.5 Å². The van der Waals surface area contributed by atoms with Crippen LogP contribution in [0.3, 0.4) is 0 Å². The first-order valence-electron chi connectivity index (χ1n) is 6.63. The Labute approximate surface area is 113 Å². The Bertz CT molecular complexity index is 645. The SMILES string of the molecule is Cc1c(N)cccc1C(=O)CC1Cc2ccccc21. The third-order valence-corrected chi connectivity index (χ3v) is 4.07. The van der Waals surface area contributed by atoms with E-state index in [-0.39, 0.29) is 5.78 Å². The van der Waals surface area contributed by atoms with E-state index in [1.54, 1.807) is 0 Å². The Hall–Kier alpha value is -2.09. The fourth-order valence-electron chi connectivity index (χ4n) is 2.83. The summed E-state index contributed by atoms with van der Waals surface area (Å²) in [5.74, 6) is 0.578. The van der Waals surface area contributed by atoms with E-state index < -0.39 is 0 Å². The van der Waals surface area contributed by atoms with Crippen molar-refractivity contribution in [2.75, 3.05) is 5.73 Å². The van der Waals surface area contributed by atoms with E-state index in [0.717, 1.165) is 17.5 Å². The number of benzene rings is 2. The highest BCUT2D eigenvalue weighted by molar-refractivity contribution is 5.99. The predicted molar refractivity (Wildman–Crippen MR) is 77.4 cm³/mol. The summed E-state index contributed by atoms with van der Waals surface area (Å²) in [6.07, 6.45) is 1.60. The monoisotopic (exact) mass is 251 g/mol. The van der Waals surface area contributed by atoms with Gasteiger partial charge in [-0.2, -0.15) is 0 Å². The Morgan fingerprint density at radius 2 is 2.00 bits per heavy atom. The number of hydrogen-bond donors (Lipinski definition) is 1. The molecule has 1 aliphatic carbocycles. The number of nitrogen functional groups attached to an aromatic ring is 1. The summed E-state index contributed by atoms with van der Waals surface area (Å²) < 4.78 is 0. The quantitative estimate of drug-likeness (QED) is 0.670. The fourth-order valence-corrected chi connectivity index (χ4v) is 2.83. The molecule has 19 heavy (non-hydrogen) atoms. The lowest BCUT2D eigenvalue weighted by Gasteiger charge is -2.29. The van der Waals surface area contributed by atoms with Gasteiger partial charge in [-0.15, -0.1) is 0 Å². The Morgan fingerprint density at radius 3 is 2.79 bits per heavy atom. The first-order chi connectivity index (χ1) is 9.16. The Balaban J connectivity index is 1.79. The Morgan fingerprint density at radius 1 is 1.21 bits per heavy atom. The summed E-state index contributed by atoms with van der Waals surface area (Å²) in [6.45, 7) is 1.91. The lowest BCUT2D eigenvalue weighted by atomic mass is 9.74. The zero-order valence-corrected chi connectivity index (χ0v) is 11.0. The molecule has 0 radical (unpaired) electrons. The molecule has 0 saturated carbocycles. The summed E-state index contributed by atoms with van der Waals surface area (Å²) in [5.41, 5.74) is 10.9. The molecule has 1 aliphatic rings. The van der Waals surface area contributed by atoms with Gasteiger partial charge >= 0.3 is 0 Å². The van der Waals surface area contributed by atoms with Crippen molar-refractivity contribution in [3.63, 3.8) is 0 Å². The van der Waals surface area contributed by atoms with Crippen LogP contribution in [0.1, 0.15) is 39.4 Å². The minimum Gasteiger partial charge on any atom is -0.398 e. The van der Waals surface area contributed by atoms with Crippen LogP contribution in [0.2, 0.25) is 0 Å². The smallest absolute Gasteiger partial charge is 0.163 e. The second kappa shape index (κ2) is 4.54. The van der Waals surface area contributed by atoms with Gasteiger partial charge in [-0.1, -0.05) is 36.4 Å². The molecule has 0 bridgehead atoms. The van der Waals surface area contributed by atoms with Gasteiger partial charge in [-0.05, 0) is 42.0 Å². The third-order valence-electron chi connectivity index (χ3n) is 4.07. The summed E-state index contributed by atoms with van der Waals surface area (Å²) in [4.78, 5) is 12.4. The number of nitrogens with two attached hydrogens (primary N) is 1. The van der Waals surface area contributed by atoms with E-state index >= 15 is 0 Å². The number of carbonyl (C=O) groups is 1. The lowest BCUT2D eigenvalue weighted by molar-refractivity contribution is 0.0970. The molecule has 0 amide bonds. The third kappa shape index (κ3) is 2.03. The van der Waals surface area contributed by atoms with Crippen molar-refractivity contribution in [1.29, 1.82) is 0 Å². The van der Waals surface area contributed by atoms with Gasteiger partial charge < -0.3 is 5.73 Å².